The normalized spacial score (nSPS) is 12.5. The number of halogens is 3. The van der Waals surface area contributed by atoms with E-state index in [2.05, 4.69) is 69.4 Å². The maximum Gasteiger partial charge on any atom is 0.296 e. The predicted molar refractivity (Wildman–Crippen MR) is 197 cm³/mol. The van der Waals surface area contributed by atoms with E-state index < -0.39 is 17.6 Å². The molecule has 0 fully saturated rings. The number of rotatable bonds is 12. The van der Waals surface area contributed by atoms with Crippen LogP contribution in [-0.2, 0) is 15.6 Å². The molecule has 9 nitrogen and oxygen atoms in total. The number of hydrogen-bond donors (Lipinski definition) is 4. The summed E-state index contributed by atoms with van der Waals surface area (Å²) in [6.45, 7) is 15.0. The van der Waals surface area contributed by atoms with Crippen molar-refractivity contribution in [2.75, 3.05) is 16.4 Å². The number of amides is 2. The number of ether oxygens (including phenoxy) is 1. The van der Waals surface area contributed by atoms with E-state index in [1.165, 1.54) is 23.8 Å². The molecular formula is C36H42Cl3N5O4. The van der Waals surface area contributed by atoms with Crippen LogP contribution in [0.1, 0.15) is 89.2 Å². The van der Waals surface area contributed by atoms with Crippen molar-refractivity contribution < 1.29 is 14.3 Å². The third-order valence-electron chi connectivity index (χ3n) is 8.99. The molecule has 48 heavy (non-hydrogen) atoms. The van der Waals surface area contributed by atoms with Crippen molar-refractivity contribution >= 4 is 63.8 Å². The molecule has 1 heterocycles. The number of aromatic nitrogens is 2. The Hall–Kier alpha value is -3.92. The van der Waals surface area contributed by atoms with Gasteiger partial charge in [-0.25, -0.2) is 4.68 Å². The fourth-order valence-corrected chi connectivity index (χ4v) is 5.72. The fourth-order valence-electron chi connectivity index (χ4n) is 5.02. The number of nitrogens with zero attached hydrogens (tertiary/aromatic N) is 1. The lowest BCUT2D eigenvalue weighted by Crippen LogP contribution is -2.33. The molecule has 12 heteroatoms. The lowest BCUT2D eigenvalue weighted by molar-refractivity contribution is -0.122. The van der Waals surface area contributed by atoms with Gasteiger partial charge in [-0.2, -0.15) is 0 Å². The Kier molecular flexibility index (Phi) is 11.3. The number of nitrogens with two attached hydrogens (primary N) is 1. The average Bonchev–Trinajstić information content (AvgIpc) is 3.33. The minimum atomic E-state index is -0.784. The maximum atomic E-state index is 13.5. The van der Waals surface area contributed by atoms with E-state index in [0.29, 0.717) is 17.9 Å². The van der Waals surface area contributed by atoms with E-state index >= 15 is 0 Å². The van der Waals surface area contributed by atoms with Crippen LogP contribution in [0.15, 0.2) is 59.4 Å². The van der Waals surface area contributed by atoms with Crippen LogP contribution >= 0.6 is 34.8 Å². The number of anilines is 3. The van der Waals surface area contributed by atoms with Crippen LogP contribution in [0, 0.1) is 0 Å². The molecule has 2 amide bonds. The van der Waals surface area contributed by atoms with E-state index in [1.807, 2.05) is 13.0 Å². The first-order chi connectivity index (χ1) is 22.5. The van der Waals surface area contributed by atoms with Crippen LogP contribution < -0.4 is 26.7 Å². The number of carbonyl (C=O) groups excluding carboxylic acids is 2. The first-order valence-electron chi connectivity index (χ1n) is 15.8. The van der Waals surface area contributed by atoms with Gasteiger partial charge in [-0.3, -0.25) is 19.5 Å². The van der Waals surface area contributed by atoms with Crippen LogP contribution in [0.3, 0.4) is 0 Å². The molecule has 4 aromatic rings. The molecule has 1 aromatic heterocycles. The van der Waals surface area contributed by atoms with Crippen LogP contribution in [0.4, 0.5) is 17.2 Å². The Morgan fingerprint density at radius 1 is 0.917 bits per heavy atom. The highest BCUT2D eigenvalue weighted by molar-refractivity contribution is 6.45. The maximum absolute atomic E-state index is 13.5. The molecule has 5 N–H and O–H groups in total. The topological polar surface area (TPSA) is 131 Å². The summed E-state index contributed by atoms with van der Waals surface area (Å²) in [4.78, 5) is 39.7. The summed E-state index contributed by atoms with van der Waals surface area (Å²) in [6.07, 6.45) is 1.52. The van der Waals surface area contributed by atoms with Crippen molar-refractivity contribution in [2.45, 2.75) is 84.7 Å². The summed E-state index contributed by atoms with van der Waals surface area (Å²) in [5.41, 5.74) is 7.86. The van der Waals surface area contributed by atoms with Gasteiger partial charge in [0.15, 0.2) is 11.9 Å². The molecule has 0 saturated heterocycles. The van der Waals surface area contributed by atoms with Crippen molar-refractivity contribution in [2.24, 2.45) is 0 Å². The Balaban J connectivity index is 1.54. The number of hydrogen-bond acceptors (Lipinski definition) is 5. The number of aromatic amines is 1. The molecule has 4 rings (SSSR count). The predicted octanol–water partition coefficient (Wildman–Crippen LogP) is 9.13. The molecule has 0 radical (unpaired) electrons. The molecule has 0 aliphatic carbocycles. The number of nitrogen functional groups attached to an aromatic ring is 1. The quantitative estimate of drug-likeness (QED) is 0.109. The second-order valence-electron chi connectivity index (χ2n) is 13.0. The molecule has 0 bridgehead atoms. The second kappa shape index (κ2) is 14.7. The Bertz CT molecular complexity index is 1900. The summed E-state index contributed by atoms with van der Waals surface area (Å²) >= 11 is 18.7. The summed E-state index contributed by atoms with van der Waals surface area (Å²) in [6, 6.07) is 15.6. The lowest BCUT2D eigenvalue weighted by atomic mass is 9.76. The van der Waals surface area contributed by atoms with Crippen LogP contribution in [0.2, 0.25) is 15.1 Å². The zero-order valence-corrected chi connectivity index (χ0v) is 30.5. The van der Waals surface area contributed by atoms with E-state index in [-0.39, 0.29) is 54.6 Å². The zero-order chi connectivity index (χ0) is 35.6. The SMILES string of the molecule is CCC(Oc1ccc(C(C)(C)CC)cc1C(C)(C)CC)C(=O)Nc1cccc(C(=O)Nc2[nH]n(-c3c(Cl)ccc(Cl)c3Cl)c(=O)c2N)c1. The fraction of sp³-hybridized carbons (Fsp3) is 0.361. The van der Waals surface area contributed by atoms with Crippen molar-refractivity contribution in [3.8, 4) is 11.4 Å². The highest BCUT2D eigenvalue weighted by Gasteiger charge is 2.29. The van der Waals surface area contributed by atoms with Gasteiger partial charge in [0.2, 0.25) is 0 Å². The van der Waals surface area contributed by atoms with E-state index in [0.717, 1.165) is 23.1 Å². The number of benzene rings is 3. The van der Waals surface area contributed by atoms with Gasteiger partial charge in [-0.1, -0.05) is 101 Å². The smallest absolute Gasteiger partial charge is 0.296 e. The Labute approximate surface area is 296 Å². The van der Waals surface area contributed by atoms with E-state index in [1.54, 1.807) is 18.2 Å². The largest absolute Gasteiger partial charge is 0.480 e. The zero-order valence-electron chi connectivity index (χ0n) is 28.2. The van der Waals surface area contributed by atoms with Crippen molar-refractivity contribution in [3.05, 3.63) is 96.7 Å². The van der Waals surface area contributed by atoms with Crippen LogP contribution in [0.25, 0.3) is 5.69 Å². The summed E-state index contributed by atoms with van der Waals surface area (Å²) in [7, 11) is 0. The highest BCUT2D eigenvalue weighted by Crippen LogP contribution is 2.39. The van der Waals surface area contributed by atoms with Gasteiger partial charge in [0, 0.05) is 16.8 Å². The first-order valence-corrected chi connectivity index (χ1v) is 17.0. The van der Waals surface area contributed by atoms with E-state index in [4.69, 9.17) is 45.3 Å². The third-order valence-corrected chi connectivity index (χ3v) is 10.1. The van der Waals surface area contributed by atoms with Gasteiger partial charge in [-0.05, 0) is 72.1 Å². The second-order valence-corrected chi connectivity index (χ2v) is 14.1. The third kappa shape index (κ3) is 7.69. The average molecular weight is 715 g/mol. The molecule has 256 valence electrons. The van der Waals surface area contributed by atoms with Crippen molar-refractivity contribution in [1.29, 1.82) is 0 Å². The molecule has 3 aromatic carbocycles. The van der Waals surface area contributed by atoms with Crippen molar-refractivity contribution in [1.82, 2.24) is 9.78 Å². The molecular weight excluding hydrogens is 673 g/mol. The monoisotopic (exact) mass is 713 g/mol. The summed E-state index contributed by atoms with van der Waals surface area (Å²) in [5.74, 6) is -0.329. The van der Waals surface area contributed by atoms with Crippen molar-refractivity contribution in [3.63, 3.8) is 0 Å². The molecule has 0 saturated carbocycles. The number of carbonyl (C=O) groups is 2. The molecule has 0 spiro atoms. The van der Waals surface area contributed by atoms with Crippen LogP contribution in [-0.4, -0.2) is 27.7 Å². The Morgan fingerprint density at radius 3 is 2.23 bits per heavy atom. The lowest BCUT2D eigenvalue weighted by Gasteiger charge is -2.31. The number of nitrogens with one attached hydrogen (secondary N) is 3. The van der Waals surface area contributed by atoms with Gasteiger partial charge >= 0.3 is 0 Å². The minimum absolute atomic E-state index is 0.00141. The molecule has 1 unspecified atom stereocenters. The summed E-state index contributed by atoms with van der Waals surface area (Å²) in [5, 5.41) is 8.58. The highest BCUT2D eigenvalue weighted by atomic mass is 35.5. The first kappa shape index (κ1) is 36.9. The standard InChI is InChI=1S/C36H42Cl3N5O4/c1-8-26(48-27-17-14-21(35(4,5)9-2)19-23(27)36(6,7)10-3)33(46)41-22-13-11-12-20(18-22)32(45)42-31-29(40)34(47)44(43-31)30-25(38)16-15-24(37)28(30)39/h11-19,26,43H,8-10,40H2,1-7H3,(H,41,46)(H,42,45). The van der Waals surface area contributed by atoms with E-state index in [9.17, 15) is 14.4 Å². The molecule has 0 aliphatic rings. The minimum Gasteiger partial charge on any atom is -0.480 e. The van der Waals surface area contributed by atoms with Crippen LogP contribution in [0.5, 0.6) is 5.75 Å². The van der Waals surface area contributed by atoms with Gasteiger partial charge in [0.1, 0.15) is 17.1 Å². The van der Waals surface area contributed by atoms with Gasteiger partial charge in [0.05, 0.1) is 15.1 Å². The Morgan fingerprint density at radius 2 is 1.58 bits per heavy atom. The molecule has 0 aliphatic heterocycles. The number of H-pyrrole nitrogens is 1. The van der Waals surface area contributed by atoms with Gasteiger partial charge < -0.3 is 21.1 Å². The van der Waals surface area contributed by atoms with Gasteiger partial charge in [0.25, 0.3) is 17.4 Å². The molecule has 1 atom stereocenters. The summed E-state index contributed by atoms with van der Waals surface area (Å²) < 4.78 is 7.40. The van der Waals surface area contributed by atoms with Gasteiger partial charge in [-0.15, -0.1) is 0 Å².